The van der Waals surface area contributed by atoms with E-state index in [2.05, 4.69) is 4.98 Å². The van der Waals surface area contributed by atoms with Crippen LogP contribution in [0, 0.1) is 12.7 Å². The molecule has 0 unspecified atom stereocenters. The van der Waals surface area contributed by atoms with Crippen LogP contribution in [-0.4, -0.2) is 34.9 Å². The quantitative estimate of drug-likeness (QED) is 0.454. The van der Waals surface area contributed by atoms with Crippen molar-refractivity contribution in [2.24, 2.45) is 0 Å². The van der Waals surface area contributed by atoms with Crippen LogP contribution in [0.4, 0.5) is 9.52 Å². The Morgan fingerprint density at radius 3 is 2.61 bits per heavy atom. The SMILES string of the molecule is COC(=O)c1sc(N2C(=O)C(O)=C(C(=O)c3cccs3)[C@@H]2c2ccccc2F)nc1C. The lowest BCUT2D eigenvalue weighted by Crippen LogP contribution is -2.31. The zero-order valence-electron chi connectivity index (χ0n) is 16.3. The van der Waals surface area contributed by atoms with Crippen LogP contribution < -0.4 is 4.90 Å². The number of rotatable bonds is 5. The van der Waals surface area contributed by atoms with Gasteiger partial charge in [0, 0.05) is 5.56 Å². The highest BCUT2D eigenvalue weighted by atomic mass is 32.1. The van der Waals surface area contributed by atoms with Crippen molar-refractivity contribution in [1.29, 1.82) is 0 Å². The maximum absolute atomic E-state index is 14.8. The van der Waals surface area contributed by atoms with Gasteiger partial charge in [-0.3, -0.25) is 14.5 Å². The molecule has 0 saturated heterocycles. The number of amides is 1. The summed E-state index contributed by atoms with van der Waals surface area (Å²) in [6.07, 6.45) is 0. The number of thiazole rings is 1. The lowest BCUT2D eigenvalue weighted by atomic mass is 9.95. The molecular formula is C21H15FN2O5S2. The van der Waals surface area contributed by atoms with E-state index in [0.717, 1.165) is 27.6 Å². The van der Waals surface area contributed by atoms with Crippen molar-refractivity contribution in [3.63, 3.8) is 0 Å². The number of aryl methyl sites for hydroxylation is 1. The average molecular weight is 458 g/mol. The molecule has 3 aromatic rings. The van der Waals surface area contributed by atoms with E-state index in [1.54, 1.807) is 30.5 Å². The van der Waals surface area contributed by atoms with Gasteiger partial charge in [-0.25, -0.2) is 14.2 Å². The third kappa shape index (κ3) is 3.43. The van der Waals surface area contributed by atoms with E-state index in [1.165, 1.54) is 25.3 Å². The summed E-state index contributed by atoms with van der Waals surface area (Å²) < 4.78 is 19.5. The second kappa shape index (κ2) is 8.05. The molecule has 1 aliphatic rings. The first kappa shape index (κ1) is 20.9. The number of thiophene rings is 1. The van der Waals surface area contributed by atoms with E-state index in [9.17, 15) is 23.9 Å². The number of aliphatic hydroxyl groups is 1. The number of ether oxygens (including phenoxy) is 1. The molecule has 1 aromatic carbocycles. The zero-order chi connectivity index (χ0) is 22.3. The minimum Gasteiger partial charge on any atom is -0.503 e. The molecule has 1 amide bonds. The molecule has 1 N–H and O–H groups in total. The molecule has 0 spiro atoms. The van der Waals surface area contributed by atoms with Crippen LogP contribution in [0.25, 0.3) is 0 Å². The maximum Gasteiger partial charge on any atom is 0.350 e. The molecule has 0 fully saturated rings. The van der Waals surface area contributed by atoms with Gasteiger partial charge in [-0.15, -0.1) is 11.3 Å². The summed E-state index contributed by atoms with van der Waals surface area (Å²) in [6.45, 7) is 1.57. The fraction of sp³-hybridized carbons (Fsp3) is 0.143. The van der Waals surface area contributed by atoms with Gasteiger partial charge < -0.3 is 9.84 Å². The fourth-order valence-electron chi connectivity index (χ4n) is 3.33. The molecule has 31 heavy (non-hydrogen) atoms. The molecule has 1 atom stereocenters. The maximum atomic E-state index is 14.8. The highest BCUT2D eigenvalue weighted by molar-refractivity contribution is 7.17. The van der Waals surface area contributed by atoms with Gasteiger partial charge in [0.2, 0.25) is 5.78 Å². The van der Waals surface area contributed by atoms with Crippen LogP contribution in [0.3, 0.4) is 0 Å². The van der Waals surface area contributed by atoms with E-state index in [4.69, 9.17) is 4.74 Å². The highest BCUT2D eigenvalue weighted by Gasteiger charge is 2.47. The minimum absolute atomic E-state index is 0.0206. The molecule has 7 nitrogen and oxygen atoms in total. The van der Waals surface area contributed by atoms with E-state index >= 15 is 0 Å². The number of carbonyl (C=O) groups is 3. The van der Waals surface area contributed by atoms with Gasteiger partial charge in [0.25, 0.3) is 5.91 Å². The number of ketones is 1. The second-order valence-corrected chi connectivity index (χ2v) is 8.50. The summed E-state index contributed by atoms with van der Waals surface area (Å²) in [7, 11) is 1.22. The Morgan fingerprint density at radius 1 is 1.23 bits per heavy atom. The number of methoxy groups -OCH3 is 1. The van der Waals surface area contributed by atoms with Gasteiger partial charge in [0.1, 0.15) is 16.7 Å². The van der Waals surface area contributed by atoms with Crippen molar-refractivity contribution in [1.82, 2.24) is 4.98 Å². The zero-order valence-corrected chi connectivity index (χ0v) is 17.9. The molecule has 158 valence electrons. The summed E-state index contributed by atoms with van der Waals surface area (Å²) in [6, 6.07) is 7.65. The standard InChI is InChI=1S/C21H15FN2O5S2/c1-10-18(20(28)29-2)31-21(23-10)24-15(11-6-3-4-7-12(11)22)14(17(26)19(24)27)16(25)13-8-5-9-30-13/h3-9,15,26H,1-2H3/t15-/m0/s1. The number of anilines is 1. The smallest absolute Gasteiger partial charge is 0.350 e. The number of aromatic nitrogens is 1. The third-order valence-corrected chi connectivity index (χ3v) is 6.77. The lowest BCUT2D eigenvalue weighted by molar-refractivity contribution is -0.117. The van der Waals surface area contributed by atoms with Crippen molar-refractivity contribution in [3.8, 4) is 0 Å². The predicted octanol–water partition coefficient (Wildman–Crippen LogP) is 4.22. The number of hydrogen-bond acceptors (Lipinski definition) is 8. The number of esters is 1. The molecule has 0 bridgehead atoms. The number of halogens is 1. The Kier molecular flexibility index (Phi) is 5.42. The van der Waals surface area contributed by atoms with Gasteiger partial charge in [-0.1, -0.05) is 35.6 Å². The molecule has 3 heterocycles. The summed E-state index contributed by atoms with van der Waals surface area (Å²) in [5, 5.41) is 12.4. The third-order valence-electron chi connectivity index (χ3n) is 4.76. The summed E-state index contributed by atoms with van der Waals surface area (Å²) in [5.41, 5.74) is 0.0850. The van der Waals surface area contributed by atoms with Gasteiger partial charge >= 0.3 is 5.97 Å². The summed E-state index contributed by atoms with van der Waals surface area (Å²) in [5.74, 6) is -3.56. The molecule has 0 radical (unpaired) electrons. The normalized spacial score (nSPS) is 16.2. The first-order valence-corrected chi connectivity index (χ1v) is 10.7. The lowest BCUT2D eigenvalue weighted by Gasteiger charge is -2.24. The summed E-state index contributed by atoms with van der Waals surface area (Å²) in [4.78, 5) is 44.0. The van der Waals surface area contributed by atoms with Crippen LogP contribution in [0.5, 0.6) is 0 Å². The molecule has 4 rings (SSSR count). The average Bonchev–Trinajstić information content (AvgIpc) is 3.47. The molecule has 0 aliphatic carbocycles. The topological polar surface area (TPSA) is 96.8 Å². The number of Topliss-reactive ketones (excluding diaryl/α,β-unsaturated/α-hetero) is 1. The Labute approximate surface area is 184 Å². The van der Waals surface area contributed by atoms with Crippen LogP contribution in [0.15, 0.2) is 53.1 Å². The number of hydrogen-bond donors (Lipinski definition) is 1. The molecule has 1 aliphatic heterocycles. The first-order chi connectivity index (χ1) is 14.8. The van der Waals surface area contributed by atoms with Crippen LogP contribution in [0.2, 0.25) is 0 Å². The fourth-order valence-corrected chi connectivity index (χ4v) is 5.02. The summed E-state index contributed by atoms with van der Waals surface area (Å²) >= 11 is 2.00. The van der Waals surface area contributed by atoms with E-state index in [-0.39, 0.29) is 21.1 Å². The predicted molar refractivity (Wildman–Crippen MR) is 113 cm³/mol. The Hall–Kier alpha value is -3.37. The second-order valence-electron chi connectivity index (χ2n) is 6.57. The Morgan fingerprint density at radius 2 is 1.97 bits per heavy atom. The van der Waals surface area contributed by atoms with Gasteiger partial charge in [-0.2, -0.15) is 0 Å². The number of aliphatic hydroxyl groups excluding tert-OH is 1. The van der Waals surface area contributed by atoms with Crippen molar-refractivity contribution in [2.45, 2.75) is 13.0 Å². The number of nitrogens with zero attached hydrogens (tertiary/aromatic N) is 2. The first-order valence-electron chi connectivity index (χ1n) is 9.00. The highest BCUT2D eigenvalue weighted by Crippen LogP contribution is 2.44. The Bertz CT molecular complexity index is 1230. The van der Waals surface area contributed by atoms with E-state index < -0.39 is 35.3 Å². The van der Waals surface area contributed by atoms with Crippen molar-refractivity contribution < 1.29 is 28.6 Å². The van der Waals surface area contributed by atoms with Gasteiger partial charge in [-0.05, 0) is 24.4 Å². The van der Waals surface area contributed by atoms with Gasteiger partial charge in [0.05, 0.1) is 23.3 Å². The largest absolute Gasteiger partial charge is 0.503 e. The van der Waals surface area contributed by atoms with Crippen LogP contribution >= 0.6 is 22.7 Å². The Balaban J connectivity index is 1.90. The molecule has 10 heteroatoms. The van der Waals surface area contributed by atoms with Crippen LogP contribution in [-0.2, 0) is 9.53 Å². The van der Waals surface area contributed by atoms with Crippen molar-refractivity contribution in [2.75, 3.05) is 12.0 Å². The molecule has 0 saturated carbocycles. The van der Waals surface area contributed by atoms with E-state index in [1.807, 2.05) is 0 Å². The van der Waals surface area contributed by atoms with Crippen molar-refractivity contribution in [3.05, 3.63) is 79.9 Å². The number of carbonyl (C=O) groups excluding carboxylic acids is 3. The molecular weight excluding hydrogens is 443 g/mol. The number of benzene rings is 1. The van der Waals surface area contributed by atoms with E-state index in [0.29, 0.717) is 10.6 Å². The molecule has 2 aromatic heterocycles. The minimum atomic E-state index is -1.25. The van der Waals surface area contributed by atoms with Gasteiger partial charge in [0.15, 0.2) is 10.9 Å². The van der Waals surface area contributed by atoms with Crippen molar-refractivity contribution >= 4 is 45.5 Å². The monoisotopic (exact) mass is 458 g/mol. The van der Waals surface area contributed by atoms with Crippen LogP contribution in [0.1, 0.15) is 36.6 Å².